The molecule has 2 aromatic carbocycles. The Morgan fingerprint density at radius 2 is 1.88 bits per heavy atom. The summed E-state index contributed by atoms with van der Waals surface area (Å²) >= 11 is 0. The maximum atomic E-state index is 14.5. The lowest BCUT2D eigenvalue weighted by Crippen LogP contribution is -2.61. The fraction of sp³-hybridized carbons (Fsp3) is 0.433. The molecule has 224 valence electrons. The van der Waals surface area contributed by atoms with Crippen molar-refractivity contribution in [1.29, 1.82) is 0 Å². The van der Waals surface area contributed by atoms with Crippen LogP contribution in [0.2, 0.25) is 0 Å². The zero-order valence-electron chi connectivity index (χ0n) is 23.9. The van der Waals surface area contributed by atoms with Gasteiger partial charge in [0, 0.05) is 31.3 Å². The predicted octanol–water partition coefficient (Wildman–Crippen LogP) is 3.95. The molecule has 10 nitrogen and oxygen atoms in total. The van der Waals surface area contributed by atoms with E-state index in [9.17, 15) is 23.2 Å². The maximum absolute atomic E-state index is 14.5. The Morgan fingerprint density at radius 3 is 2.55 bits per heavy atom. The van der Waals surface area contributed by atoms with Crippen molar-refractivity contribution in [2.24, 2.45) is 0 Å². The molecular formula is C30H33F2N3O7. The predicted molar refractivity (Wildman–Crippen MR) is 148 cm³/mol. The van der Waals surface area contributed by atoms with Crippen molar-refractivity contribution < 1.29 is 41.8 Å². The Bertz CT molecular complexity index is 1550. The summed E-state index contributed by atoms with van der Waals surface area (Å²) in [6.45, 7) is 2.93. The number of rotatable bonds is 9. The Kier molecular flexibility index (Phi) is 7.84. The van der Waals surface area contributed by atoms with Crippen molar-refractivity contribution in [1.82, 2.24) is 15.5 Å². The van der Waals surface area contributed by atoms with Gasteiger partial charge < -0.3 is 34.2 Å². The Balaban J connectivity index is 1.42. The molecule has 12 heteroatoms. The molecule has 3 amide bonds. The van der Waals surface area contributed by atoms with Crippen molar-refractivity contribution in [3.05, 3.63) is 58.9 Å². The number of halogens is 2. The van der Waals surface area contributed by atoms with Crippen LogP contribution in [0.1, 0.15) is 59.6 Å². The van der Waals surface area contributed by atoms with E-state index in [1.54, 1.807) is 18.2 Å². The molecule has 0 saturated heterocycles. The first kappa shape index (κ1) is 29.3. The summed E-state index contributed by atoms with van der Waals surface area (Å²) in [6.07, 6.45) is 2.88. The summed E-state index contributed by atoms with van der Waals surface area (Å²) in [6, 6.07) is 7.02. The van der Waals surface area contributed by atoms with E-state index in [-0.39, 0.29) is 59.6 Å². The van der Waals surface area contributed by atoms with E-state index in [0.717, 1.165) is 25.3 Å². The minimum absolute atomic E-state index is 0.00296. The number of nitrogens with one attached hydrogen (secondary N) is 2. The minimum atomic E-state index is -1.58. The summed E-state index contributed by atoms with van der Waals surface area (Å²) in [5.74, 6) is -3.70. The quantitative estimate of drug-likeness (QED) is 0.390. The molecule has 5 rings (SSSR count). The van der Waals surface area contributed by atoms with E-state index in [1.165, 1.54) is 32.1 Å². The number of benzene rings is 2. The van der Waals surface area contributed by atoms with Crippen LogP contribution in [0.5, 0.6) is 11.5 Å². The number of nitrogens with zero attached hydrogens (tertiary/aromatic N) is 1. The molecule has 2 aliphatic rings. The number of fused-ring (bicyclic) bond motifs is 3. The first-order valence-electron chi connectivity index (χ1n) is 13.6. The fourth-order valence-corrected chi connectivity index (χ4v) is 5.32. The van der Waals surface area contributed by atoms with Crippen LogP contribution in [0.15, 0.2) is 34.7 Å². The van der Waals surface area contributed by atoms with Crippen LogP contribution < -0.4 is 20.1 Å². The maximum Gasteiger partial charge on any atom is 0.294 e. The standard InChI is InChI=1S/C30H33F2N3O7/c1-29(10-5-11-29)34-26(36)17-6-7-18-22(14-17)42-25-24(18)41-16-30(2,35(27(25)37)12-13-39-3)28(38)33-15-19-21(40-4)9-8-20(31)23(19)32/h6-9,14H,5,10-13,15-16H2,1-4H3,(H,33,38)(H,34,36). The van der Waals surface area contributed by atoms with Gasteiger partial charge in [0.15, 0.2) is 22.9 Å². The van der Waals surface area contributed by atoms with Crippen molar-refractivity contribution in [3.63, 3.8) is 0 Å². The van der Waals surface area contributed by atoms with Crippen LogP contribution in [0.4, 0.5) is 8.78 Å². The summed E-state index contributed by atoms with van der Waals surface area (Å²) in [7, 11) is 2.76. The molecule has 2 heterocycles. The third-order valence-electron chi connectivity index (χ3n) is 8.12. The van der Waals surface area contributed by atoms with Gasteiger partial charge in [-0.3, -0.25) is 14.4 Å². The molecule has 1 aliphatic carbocycles. The van der Waals surface area contributed by atoms with Gasteiger partial charge in [-0.05, 0) is 63.4 Å². The molecule has 1 aliphatic heterocycles. The van der Waals surface area contributed by atoms with Crippen LogP contribution in [-0.4, -0.2) is 67.7 Å². The average molecular weight is 586 g/mol. The third kappa shape index (κ3) is 5.15. The number of methoxy groups -OCH3 is 2. The summed E-state index contributed by atoms with van der Waals surface area (Å²) in [5.41, 5.74) is -1.33. The topological polar surface area (TPSA) is 119 Å². The lowest BCUT2D eigenvalue weighted by Gasteiger charge is -2.39. The zero-order chi connectivity index (χ0) is 30.2. The first-order valence-corrected chi connectivity index (χ1v) is 13.6. The van der Waals surface area contributed by atoms with E-state index in [0.29, 0.717) is 10.9 Å². The summed E-state index contributed by atoms with van der Waals surface area (Å²) in [5, 5.41) is 6.11. The molecule has 0 spiro atoms. The van der Waals surface area contributed by atoms with Crippen LogP contribution >= 0.6 is 0 Å². The Labute approximate surface area is 241 Å². The highest BCUT2D eigenvalue weighted by molar-refractivity contribution is 6.06. The summed E-state index contributed by atoms with van der Waals surface area (Å²) in [4.78, 5) is 41.6. The SMILES string of the molecule is COCCN1C(=O)c2oc3cc(C(=O)NC4(C)CCC4)ccc3c2OCC1(C)C(=O)NCc1c(OC)ccc(F)c1F. The van der Waals surface area contributed by atoms with E-state index < -0.39 is 35.5 Å². The second kappa shape index (κ2) is 11.2. The van der Waals surface area contributed by atoms with Gasteiger partial charge in [-0.15, -0.1) is 0 Å². The number of furan rings is 1. The van der Waals surface area contributed by atoms with Gasteiger partial charge in [-0.25, -0.2) is 8.78 Å². The van der Waals surface area contributed by atoms with Gasteiger partial charge in [-0.2, -0.15) is 0 Å². The molecule has 1 fully saturated rings. The minimum Gasteiger partial charge on any atom is -0.496 e. The third-order valence-corrected chi connectivity index (χ3v) is 8.12. The van der Waals surface area contributed by atoms with E-state index in [1.807, 2.05) is 6.92 Å². The van der Waals surface area contributed by atoms with Crippen molar-refractivity contribution in [3.8, 4) is 11.5 Å². The fourth-order valence-electron chi connectivity index (χ4n) is 5.32. The smallest absolute Gasteiger partial charge is 0.294 e. The van der Waals surface area contributed by atoms with Crippen molar-refractivity contribution >= 4 is 28.7 Å². The average Bonchev–Trinajstić information content (AvgIpc) is 3.28. The number of ether oxygens (including phenoxy) is 3. The molecule has 3 aromatic rings. The molecular weight excluding hydrogens is 552 g/mol. The normalized spacial score (nSPS) is 19.4. The van der Waals surface area contributed by atoms with Gasteiger partial charge in [0.25, 0.3) is 11.8 Å². The van der Waals surface area contributed by atoms with Crippen LogP contribution in [0.25, 0.3) is 11.0 Å². The van der Waals surface area contributed by atoms with Gasteiger partial charge in [-0.1, -0.05) is 0 Å². The van der Waals surface area contributed by atoms with Gasteiger partial charge in [0.1, 0.15) is 17.9 Å². The molecule has 2 N–H and O–H groups in total. The van der Waals surface area contributed by atoms with E-state index in [2.05, 4.69) is 10.6 Å². The summed E-state index contributed by atoms with van der Waals surface area (Å²) < 4.78 is 50.7. The highest BCUT2D eigenvalue weighted by Crippen LogP contribution is 2.39. The molecule has 1 saturated carbocycles. The molecule has 1 unspecified atom stereocenters. The van der Waals surface area contributed by atoms with Gasteiger partial charge >= 0.3 is 0 Å². The zero-order valence-corrected chi connectivity index (χ0v) is 23.9. The highest BCUT2D eigenvalue weighted by atomic mass is 19.2. The molecule has 0 bridgehead atoms. The van der Waals surface area contributed by atoms with Crippen molar-refractivity contribution in [2.75, 3.05) is 34.0 Å². The number of carbonyl (C=O) groups is 3. The molecule has 1 atom stereocenters. The van der Waals surface area contributed by atoms with Crippen LogP contribution in [0.3, 0.4) is 0 Å². The monoisotopic (exact) mass is 585 g/mol. The lowest BCUT2D eigenvalue weighted by atomic mass is 9.78. The Hall–Kier alpha value is -4.19. The lowest BCUT2D eigenvalue weighted by molar-refractivity contribution is -0.133. The largest absolute Gasteiger partial charge is 0.496 e. The number of amides is 3. The molecule has 0 radical (unpaired) electrons. The second-order valence-corrected chi connectivity index (χ2v) is 11.1. The van der Waals surface area contributed by atoms with Gasteiger partial charge in [0.2, 0.25) is 11.7 Å². The first-order chi connectivity index (χ1) is 20.0. The van der Waals surface area contributed by atoms with E-state index >= 15 is 0 Å². The molecule has 42 heavy (non-hydrogen) atoms. The van der Waals surface area contributed by atoms with Crippen LogP contribution in [0, 0.1) is 11.6 Å². The van der Waals surface area contributed by atoms with Crippen molar-refractivity contribution in [2.45, 2.75) is 50.7 Å². The number of carbonyl (C=O) groups excluding carboxylic acids is 3. The Morgan fingerprint density at radius 1 is 1.12 bits per heavy atom. The number of hydrogen-bond donors (Lipinski definition) is 2. The van der Waals surface area contributed by atoms with Crippen LogP contribution in [-0.2, 0) is 16.1 Å². The second-order valence-electron chi connectivity index (χ2n) is 11.1. The highest BCUT2D eigenvalue weighted by Gasteiger charge is 2.48. The van der Waals surface area contributed by atoms with Gasteiger partial charge in [0.05, 0.1) is 24.7 Å². The molecule has 1 aromatic heterocycles. The number of hydrogen-bond acceptors (Lipinski definition) is 7. The van der Waals surface area contributed by atoms with E-state index in [4.69, 9.17) is 18.6 Å².